The molecule has 0 unspecified atom stereocenters. The van der Waals surface area contributed by atoms with Crippen molar-refractivity contribution in [3.8, 4) is 6.07 Å². The Bertz CT molecular complexity index is 562. The normalized spacial score (nSPS) is 14.4. The van der Waals surface area contributed by atoms with E-state index in [1.54, 1.807) is 4.90 Å². The molecule has 0 fully saturated rings. The highest BCUT2D eigenvalue weighted by Crippen LogP contribution is 2.27. The summed E-state index contributed by atoms with van der Waals surface area (Å²) in [7, 11) is 0. The first-order valence-corrected chi connectivity index (χ1v) is 7.10. The number of hydrogen-bond donors (Lipinski definition) is 1. The van der Waals surface area contributed by atoms with Crippen LogP contribution in [0.25, 0.3) is 0 Å². The van der Waals surface area contributed by atoms with E-state index >= 15 is 0 Å². The number of benzene rings is 1. The number of para-hydroxylation sites is 1. The Morgan fingerprint density at radius 1 is 1.50 bits per heavy atom. The first-order valence-electron chi connectivity index (χ1n) is 6.57. The number of nitrogens with one attached hydrogen (secondary N) is 1. The van der Waals surface area contributed by atoms with Gasteiger partial charge in [0.1, 0.15) is 11.6 Å². The van der Waals surface area contributed by atoms with Gasteiger partial charge in [0, 0.05) is 30.9 Å². The Morgan fingerprint density at radius 2 is 2.30 bits per heavy atom. The molecular weight excluding hydrogens is 274 g/mol. The number of aryl methyl sites for hydroxylation is 1. The van der Waals surface area contributed by atoms with Crippen molar-refractivity contribution in [3.05, 3.63) is 41.6 Å². The number of nitrogens with zero attached hydrogens (tertiary/aromatic N) is 2. The van der Waals surface area contributed by atoms with Crippen molar-refractivity contribution in [2.24, 2.45) is 0 Å². The first kappa shape index (κ1) is 14.4. The molecule has 0 bridgehead atoms. The number of alkyl halides is 1. The molecule has 2 rings (SSSR count). The number of carbonyl (C=O) groups is 1. The van der Waals surface area contributed by atoms with Crippen LogP contribution in [0.15, 0.2) is 36.0 Å². The predicted octanol–water partition coefficient (Wildman–Crippen LogP) is 2.20. The molecular formula is C15H16ClN3O. The summed E-state index contributed by atoms with van der Waals surface area (Å²) in [4.78, 5) is 14.1. The maximum absolute atomic E-state index is 12.4. The monoisotopic (exact) mass is 289 g/mol. The maximum atomic E-state index is 12.4. The summed E-state index contributed by atoms with van der Waals surface area (Å²) in [5, 5.41) is 12.0. The maximum Gasteiger partial charge on any atom is 0.270 e. The lowest BCUT2D eigenvalue weighted by molar-refractivity contribution is -0.114. The van der Waals surface area contributed by atoms with Gasteiger partial charge in [-0.2, -0.15) is 5.26 Å². The smallest absolute Gasteiger partial charge is 0.270 e. The topological polar surface area (TPSA) is 56.1 Å². The average Bonchev–Trinajstić information content (AvgIpc) is 2.50. The van der Waals surface area contributed by atoms with Crippen molar-refractivity contribution < 1.29 is 4.79 Å². The number of nitriles is 1. The van der Waals surface area contributed by atoms with Gasteiger partial charge < -0.3 is 10.2 Å². The van der Waals surface area contributed by atoms with Crippen LogP contribution >= 0.6 is 11.6 Å². The first-order chi connectivity index (χ1) is 9.77. The van der Waals surface area contributed by atoms with Crippen LogP contribution in [0, 0.1) is 11.3 Å². The Hall–Kier alpha value is -1.99. The molecule has 0 atom stereocenters. The van der Waals surface area contributed by atoms with Crippen molar-refractivity contribution in [2.45, 2.75) is 12.8 Å². The van der Waals surface area contributed by atoms with E-state index in [0.717, 1.165) is 24.1 Å². The fourth-order valence-corrected chi connectivity index (χ4v) is 2.37. The van der Waals surface area contributed by atoms with Crippen LogP contribution in [0.5, 0.6) is 0 Å². The Morgan fingerprint density at radius 3 is 3.05 bits per heavy atom. The van der Waals surface area contributed by atoms with E-state index in [1.807, 2.05) is 30.3 Å². The Balaban J connectivity index is 2.21. The fraction of sp³-hybridized carbons (Fsp3) is 0.333. The Labute approximate surface area is 123 Å². The molecule has 4 nitrogen and oxygen atoms in total. The van der Waals surface area contributed by atoms with Crippen LogP contribution in [0.4, 0.5) is 5.69 Å². The minimum absolute atomic E-state index is 0.104. The average molecular weight is 290 g/mol. The van der Waals surface area contributed by atoms with Crippen molar-refractivity contribution in [2.75, 3.05) is 23.9 Å². The summed E-state index contributed by atoms with van der Waals surface area (Å²) in [6.07, 6.45) is 3.33. The molecule has 1 aromatic rings. The third kappa shape index (κ3) is 3.12. The molecule has 0 aromatic heterocycles. The second kappa shape index (κ2) is 6.97. The molecule has 1 N–H and O–H groups in total. The highest BCUT2D eigenvalue weighted by molar-refractivity contribution is 6.18. The standard InChI is InChI=1S/C15H16ClN3O/c16-7-8-18-11-13(10-17)15(20)19-9-3-5-12-4-1-2-6-14(12)19/h1-2,4,6,11,18H,3,5,7-9H2/b13-11-. The highest BCUT2D eigenvalue weighted by atomic mass is 35.5. The zero-order valence-electron chi connectivity index (χ0n) is 11.1. The largest absolute Gasteiger partial charge is 0.388 e. The summed E-state index contributed by atoms with van der Waals surface area (Å²) in [6, 6.07) is 9.78. The van der Waals surface area contributed by atoms with E-state index in [1.165, 1.54) is 6.20 Å². The third-order valence-corrected chi connectivity index (χ3v) is 3.38. The minimum Gasteiger partial charge on any atom is -0.388 e. The number of anilines is 1. The third-order valence-electron chi connectivity index (χ3n) is 3.19. The predicted molar refractivity (Wildman–Crippen MR) is 79.5 cm³/mol. The number of hydrogen-bond acceptors (Lipinski definition) is 3. The second-order valence-corrected chi connectivity index (χ2v) is 4.88. The van der Waals surface area contributed by atoms with Gasteiger partial charge in [-0.25, -0.2) is 0 Å². The van der Waals surface area contributed by atoms with Crippen molar-refractivity contribution in [1.82, 2.24) is 5.32 Å². The van der Waals surface area contributed by atoms with E-state index in [9.17, 15) is 4.79 Å². The number of fused-ring (bicyclic) bond motifs is 1. The summed E-state index contributed by atoms with van der Waals surface area (Å²) in [5.74, 6) is 0.164. The lowest BCUT2D eigenvalue weighted by Crippen LogP contribution is -2.36. The zero-order valence-corrected chi connectivity index (χ0v) is 11.9. The van der Waals surface area contributed by atoms with Gasteiger partial charge in [-0.3, -0.25) is 4.79 Å². The van der Waals surface area contributed by atoms with Crippen LogP contribution in [0.3, 0.4) is 0 Å². The van der Waals surface area contributed by atoms with Crippen molar-refractivity contribution >= 4 is 23.2 Å². The van der Waals surface area contributed by atoms with Gasteiger partial charge in [0.15, 0.2) is 0 Å². The van der Waals surface area contributed by atoms with E-state index in [0.29, 0.717) is 19.0 Å². The molecule has 1 aliphatic rings. The molecule has 0 radical (unpaired) electrons. The van der Waals surface area contributed by atoms with Crippen LogP contribution in [0.1, 0.15) is 12.0 Å². The summed E-state index contributed by atoms with van der Waals surface area (Å²) in [5.41, 5.74) is 2.16. The molecule has 5 heteroatoms. The number of amides is 1. The molecule has 0 aliphatic carbocycles. The SMILES string of the molecule is N#C/C(=C/NCCCl)C(=O)N1CCCc2ccccc21. The zero-order chi connectivity index (χ0) is 14.4. The summed E-state index contributed by atoms with van der Waals surface area (Å²) >= 11 is 5.55. The van der Waals surface area contributed by atoms with Crippen molar-refractivity contribution in [1.29, 1.82) is 5.26 Å². The number of halogens is 1. The van der Waals surface area contributed by atoms with E-state index in [-0.39, 0.29) is 11.5 Å². The molecule has 20 heavy (non-hydrogen) atoms. The second-order valence-electron chi connectivity index (χ2n) is 4.50. The van der Waals surface area contributed by atoms with E-state index < -0.39 is 0 Å². The minimum atomic E-state index is -0.262. The fourth-order valence-electron chi connectivity index (χ4n) is 2.26. The lowest BCUT2D eigenvalue weighted by Gasteiger charge is -2.29. The summed E-state index contributed by atoms with van der Waals surface area (Å²) in [6.45, 7) is 1.17. The molecule has 1 aliphatic heterocycles. The van der Waals surface area contributed by atoms with Crippen molar-refractivity contribution in [3.63, 3.8) is 0 Å². The van der Waals surface area contributed by atoms with Crippen LogP contribution < -0.4 is 10.2 Å². The van der Waals surface area contributed by atoms with Gasteiger partial charge in [0.25, 0.3) is 5.91 Å². The number of carbonyl (C=O) groups excluding carboxylic acids is 1. The molecule has 0 saturated heterocycles. The van der Waals surface area contributed by atoms with E-state index in [2.05, 4.69) is 5.32 Å². The van der Waals surface area contributed by atoms with Gasteiger partial charge >= 0.3 is 0 Å². The molecule has 1 aromatic carbocycles. The van der Waals surface area contributed by atoms with Crippen LogP contribution in [-0.4, -0.2) is 24.9 Å². The molecule has 104 valence electrons. The van der Waals surface area contributed by atoms with Gasteiger partial charge in [0.2, 0.25) is 0 Å². The summed E-state index contributed by atoms with van der Waals surface area (Å²) < 4.78 is 0. The van der Waals surface area contributed by atoms with Crippen LogP contribution in [0.2, 0.25) is 0 Å². The van der Waals surface area contributed by atoms with Gasteiger partial charge in [-0.05, 0) is 24.5 Å². The molecule has 1 heterocycles. The van der Waals surface area contributed by atoms with Gasteiger partial charge in [-0.1, -0.05) is 18.2 Å². The quantitative estimate of drug-likeness (QED) is 0.400. The lowest BCUT2D eigenvalue weighted by atomic mass is 10.0. The van der Waals surface area contributed by atoms with Gasteiger partial charge in [0.05, 0.1) is 0 Å². The van der Waals surface area contributed by atoms with Gasteiger partial charge in [-0.15, -0.1) is 11.6 Å². The highest BCUT2D eigenvalue weighted by Gasteiger charge is 2.24. The molecule has 0 spiro atoms. The van der Waals surface area contributed by atoms with E-state index in [4.69, 9.17) is 16.9 Å². The number of rotatable bonds is 4. The Kier molecular flexibility index (Phi) is 5.03. The molecule has 0 saturated carbocycles. The van der Waals surface area contributed by atoms with Crippen LogP contribution in [-0.2, 0) is 11.2 Å². The molecule has 1 amide bonds.